The molecule has 0 aliphatic rings. The van der Waals surface area contributed by atoms with Gasteiger partial charge in [-0.2, -0.15) is 0 Å². The summed E-state index contributed by atoms with van der Waals surface area (Å²) in [4.78, 5) is 0. The zero-order chi connectivity index (χ0) is 16.3. The number of benzene rings is 1. The lowest BCUT2D eigenvalue weighted by atomic mass is 9.94. The fraction of sp³-hybridized carbons (Fsp3) is 0.600. The summed E-state index contributed by atoms with van der Waals surface area (Å²) in [5.74, 6) is -0.0673. The molecule has 0 heterocycles. The summed E-state index contributed by atoms with van der Waals surface area (Å²) in [6, 6.07) is 3.86. The number of hydrogen-bond donors (Lipinski definition) is 1. The molecular weight excluding hydrogens is 293 g/mol. The first-order chi connectivity index (χ1) is 9.65. The second-order valence-corrected chi connectivity index (χ2v) is 8.25. The van der Waals surface area contributed by atoms with E-state index in [0.29, 0.717) is 17.9 Å². The van der Waals surface area contributed by atoms with Gasteiger partial charge in [0.15, 0.2) is 9.84 Å². The van der Waals surface area contributed by atoms with Gasteiger partial charge in [0.05, 0.1) is 17.9 Å². The van der Waals surface area contributed by atoms with Crippen LogP contribution in [0.5, 0.6) is 5.75 Å². The van der Waals surface area contributed by atoms with Crippen LogP contribution in [-0.2, 0) is 9.84 Å². The maximum absolute atomic E-state index is 14.3. The summed E-state index contributed by atoms with van der Waals surface area (Å²) >= 11 is 0. The van der Waals surface area contributed by atoms with Crippen LogP contribution in [0.1, 0.15) is 38.8 Å². The fourth-order valence-corrected chi connectivity index (χ4v) is 2.74. The normalized spacial score (nSPS) is 14.0. The van der Waals surface area contributed by atoms with Crippen LogP contribution in [0.3, 0.4) is 0 Å². The summed E-state index contributed by atoms with van der Waals surface area (Å²) in [7, 11) is -1.91. The van der Waals surface area contributed by atoms with Crippen LogP contribution in [0.25, 0.3) is 0 Å². The molecule has 0 aromatic heterocycles. The van der Waals surface area contributed by atoms with Crippen molar-refractivity contribution in [1.29, 1.82) is 0 Å². The first-order valence-corrected chi connectivity index (χ1v) is 8.80. The van der Waals surface area contributed by atoms with Gasteiger partial charge in [-0.25, -0.2) is 12.8 Å². The molecule has 1 N–H and O–H groups in total. The van der Waals surface area contributed by atoms with E-state index in [1.807, 2.05) is 6.92 Å². The molecule has 0 saturated carbocycles. The topological polar surface area (TPSA) is 55.4 Å². The van der Waals surface area contributed by atoms with Crippen molar-refractivity contribution in [3.05, 3.63) is 29.6 Å². The van der Waals surface area contributed by atoms with Gasteiger partial charge in [0.2, 0.25) is 0 Å². The van der Waals surface area contributed by atoms with Gasteiger partial charge in [0.25, 0.3) is 0 Å². The zero-order valence-corrected chi connectivity index (χ0v) is 14.1. The summed E-state index contributed by atoms with van der Waals surface area (Å²) < 4.78 is 42.3. The highest BCUT2D eigenvalue weighted by molar-refractivity contribution is 7.92. The third kappa shape index (κ3) is 3.95. The van der Waals surface area contributed by atoms with Crippen molar-refractivity contribution in [2.45, 2.75) is 38.0 Å². The van der Waals surface area contributed by atoms with Crippen LogP contribution in [0.2, 0.25) is 0 Å². The van der Waals surface area contributed by atoms with Crippen molar-refractivity contribution >= 4 is 9.84 Å². The molecule has 0 aliphatic carbocycles. The Labute approximate surface area is 126 Å². The summed E-state index contributed by atoms with van der Waals surface area (Å²) in [6.45, 7) is 5.80. The molecule has 21 heavy (non-hydrogen) atoms. The van der Waals surface area contributed by atoms with Gasteiger partial charge in [0, 0.05) is 17.9 Å². The van der Waals surface area contributed by atoms with Crippen LogP contribution in [0.4, 0.5) is 4.39 Å². The van der Waals surface area contributed by atoms with E-state index in [4.69, 9.17) is 4.74 Å². The predicted octanol–water partition coefficient (Wildman–Crippen LogP) is 2.70. The molecule has 1 aromatic carbocycles. The average Bonchev–Trinajstić information content (AvgIpc) is 2.39. The third-order valence-corrected chi connectivity index (χ3v) is 5.91. The Morgan fingerprint density at radius 2 is 2.00 bits per heavy atom. The molecule has 6 heteroatoms. The van der Waals surface area contributed by atoms with E-state index < -0.39 is 26.4 Å². The molecule has 0 spiro atoms. The number of sulfone groups is 1. The molecule has 0 saturated heterocycles. The summed E-state index contributed by atoms with van der Waals surface area (Å²) in [5, 5.41) is 3.15. The molecular formula is C15H24FNO3S. The van der Waals surface area contributed by atoms with Gasteiger partial charge >= 0.3 is 0 Å². The SMILES string of the molecule is CCCNC(c1ccc(OC)cc1F)C(C)(C)S(C)(=O)=O. The largest absolute Gasteiger partial charge is 0.497 e. The summed E-state index contributed by atoms with van der Waals surface area (Å²) in [5.41, 5.74) is 0.333. The van der Waals surface area contributed by atoms with Gasteiger partial charge < -0.3 is 10.1 Å². The van der Waals surface area contributed by atoms with Crippen LogP contribution < -0.4 is 10.1 Å². The monoisotopic (exact) mass is 317 g/mol. The zero-order valence-electron chi connectivity index (χ0n) is 13.2. The van der Waals surface area contributed by atoms with Crippen LogP contribution in [0, 0.1) is 5.82 Å². The molecule has 4 nitrogen and oxygen atoms in total. The molecule has 1 aromatic rings. The fourth-order valence-electron chi connectivity index (χ4n) is 2.10. The molecule has 0 radical (unpaired) electrons. The van der Waals surface area contributed by atoms with Gasteiger partial charge in [-0.05, 0) is 32.9 Å². The second kappa shape index (κ2) is 6.75. The van der Waals surface area contributed by atoms with Crippen molar-refractivity contribution in [3.8, 4) is 5.75 Å². The maximum atomic E-state index is 14.3. The van der Waals surface area contributed by atoms with Gasteiger partial charge in [-0.1, -0.05) is 13.0 Å². The first-order valence-electron chi connectivity index (χ1n) is 6.91. The highest BCUT2D eigenvalue weighted by atomic mass is 32.2. The molecule has 0 aliphatic heterocycles. The lowest BCUT2D eigenvalue weighted by molar-refractivity contribution is 0.395. The molecule has 0 fully saturated rings. The Balaban J connectivity index is 3.32. The lowest BCUT2D eigenvalue weighted by Crippen LogP contribution is -2.45. The standard InChI is InChI=1S/C15H24FNO3S/c1-6-9-17-14(15(2,3)21(5,18)19)12-8-7-11(20-4)10-13(12)16/h7-8,10,14,17H,6,9H2,1-5H3. The van der Waals surface area contributed by atoms with Crippen molar-refractivity contribution in [2.24, 2.45) is 0 Å². The molecule has 1 atom stereocenters. The van der Waals surface area contributed by atoms with Crippen molar-refractivity contribution in [1.82, 2.24) is 5.32 Å². The Bertz CT molecular complexity index is 585. The predicted molar refractivity (Wildman–Crippen MR) is 82.9 cm³/mol. The molecule has 0 bridgehead atoms. The second-order valence-electron chi connectivity index (χ2n) is 5.65. The number of halogens is 1. The van der Waals surface area contributed by atoms with Crippen LogP contribution in [0.15, 0.2) is 18.2 Å². The van der Waals surface area contributed by atoms with E-state index >= 15 is 0 Å². The minimum absolute atomic E-state index is 0.333. The van der Waals surface area contributed by atoms with Gasteiger partial charge in [0.1, 0.15) is 11.6 Å². The number of ether oxygens (including phenoxy) is 1. The van der Waals surface area contributed by atoms with E-state index in [2.05, 4.69) is 5.32 Å². The van der Waals surface area contributed by atoms with Crippen molar-refractivity contribution < 1.29 is 17.5 Å². The van der Waals surface area contributed by atoms with E-state index in [9.17, 15) is 12.8 Å². The van der Waals surface area contributed by atoms with Gasteiger partial charge in [-0.3, -0.25) is 0 Å². The smallest absolute Gasteiger partial charge is 0.154 e. The Morgan fingerprint density at radius 1 is 1.38 bits per heavy atom. The minimum Gasteiger partial charge on any atom is -0.497 e. The van der Waals surface area contributed by atoms with E-state index in [-0.39, 0.29) is 0 Å². The summed E-state index contributed by atoms with van der Waals surface area (Å²) in [6.07, 6.45) is 2.00. The van der Waals surface area contributed by atoms with Crippen molar-refractivity contribution in [3.63, 3.8) is 0 Å². The maximum Gasteiger partial charge on any atom is 0.154 e. The number of hydrogen-bond acceptors (Lipinski definition) is 4. The number of nitrogens with one attached hydrogen (secondary N) is 1. The average molecular weight is 317 g/mol. The van der Waals surface area contributed by atoms with Crippen LogP contribution in [-0.4, -0.2) is 33.1 Å². The number of rotatable bonds is 7. The van der Waals surface area contributed by atoms with Gasteiger partial charge in [-0.15, -0.1) is 0 Å². The van der Waals surface area contributed by atoms with E-state index in [0.717, 1.165) is 6.42 Å². The van der Waals surface area contributed by atoms with Crippen molar-refractivity contribution in [2.75, 3.05) is 19.9 Å². The number of methoxy groups -OCH3 is 1. The quantitative estimate of drug-likeness (QED) is 0.840. The Morgan fingerprint density at radius 3 is 2.43 bits per heavy atom. The van der Waals surface area contributed by atoms with E-state index in [1.165, 1.54) is 19.4 Å². The highest BCUT2D eigenvalue weighted by Gasteiger charge is 2.40. The Hall–Kier alpha value is -1.14. The third-order valence-electron chi connectivity index (χ3n) is 3.77. The Kier molecular flexibility index (Phi) is 5.75. The lowest BCUT2D eigenvalue weighted by Gasteiger charge is -2.34. The van der Waals surface area contributed by atoms with E-state index in [1.54, 1.807) is 26.0 Å². The molecule has 1 rings (SSSR count). The molecule has 0 amide bonds. The molecule has 1 unspecified atom stereocenters. The molecule has 120 valence electrons. The highest BCUT2D eigenvalue weighted by Crippen LogP contribution is 2.34. The minimum atomic E-state index is -3.37. The van der Waals surface area contributed by atoms with Crippen LogP contribution >= 0.6 is 0 Å². The first kappa shape index (κ1) is 17.9.